The Morgan fingerprint density at radius 3 is 0.977 bits per heavy atom. The average molecular weight is 1990 g/mol. The summed E-state index contributed by atoms with van der Waals surface area (Å²) in [6.07, 6.45) is -10.1. The van der Waals surface area contributed by atoms with Gasteiger partial charge in [0.05, 0.1) is 154 Å². The highest BCUT2D eigenvalue weighted by Gasteiger charge is 2.48. The number of carbonyl (C=O) groups is 14. The van der Waals surface area contributed by atoms with Gasteiger partial charge in [-0.3, -0.25) is 71.6 Å². The first-order valence-electron chi connectivity index (χ1n) is 43.0. The largest absolute Gasteiger partial charge is 0.463 e. The predicted octanol–water partition coefficient (Wildman–Crippen LogP) is 2.23. The Morgan fingerprint density at radius 2 is 0.667 bits per heavy atom. The molecule has 5 amide bonds. The molecule has 129 heavy (non-hydrogen) atoms. The van der Waals surface area contributed by atoms with Gasteiger partial charge in [-0.25, -0.2) is 4.57 Å². The van der Waals surface area contributed by atoms with E-state index < -0.39 is 167 Å². The molecular formula is C82H135IN5O40P. The van der Waals surface area contributed by atoms with Crippen LogP contribution in [-0.4, -0.2) is 345 Å². The van der Waals surface area contributed by atoms with Crippen LogP contribution < -0.4 is 26.6 Å². The summed E-state index contributed by atoms with van der Waals surface area (Å²) in [4.78, 5) is 184. The summed E-state index contributed by atoms with van der Waals surface area (Å²) in [7, 11) is 0. The summed E-state index contributed by atoms with van der Waals surface area (Å²) >= 11 is 1.43. The van der Waals surface area contributed by atoms with Crippen molar-refractivity contribution in [3.05, 3.63) is 0 Å². The third-order valence-corrected chi connectivity index (χ3v) is 21.1. The van der Waals surface area contributed by atoms with Crippen LogP contribution in [0.1, 0.15) is 167 Å². The number of carbonyl (C=O) groups excluding carboxylic acids is 14. The fourth-order valence-electron chi connectivity index (χ4n) is 14.4. The Balaban J connectivity index is 1.40. The highest BCUT2D eigenvalue weighted by molar-refractivity contribution is 14.2. The van der Waals surface area contributed by atoms with Gasteiger partial charge < -0.3 is 140 Å². The van der Waals surface area contributed by atoms with Crippen molar-refractivity contribution < 1.29 is 190 Å². The summed E-state index contributed by atoms with van der Waals surface area (Å²) in [6.45, 7) is 16.6. The monoisotopic (exact) mass is 1990 g/mol. The van der Waals surface area contributed by atoms with Gasteiger partial charge in [0.2, 0.25) is 29.5 Å². The third-order valence-electron chi connectivity index (χ3n) is 19.9. The normalized spacial score (nSPS) is 22.8. The lowest BCUT2D eigenvalue weighted by atomic mass is 9.64. The van der Waals surface area contributed by atoms with Gasteiger partial charge in [-0.15, -0.1) is 0 Å². The maximum atomic E-state index is 14.1. The van der Waals surface area contributed by atoms with Crippen molar-refractivity contribution in [2.24, 2.45) is 16.7 Å². The Hall–Kier alpha value is -7.10. The first-order chi connectivity index (χ1) is 61.0. The van der Waals surface area contributed by atoms with Crippen LogP contribution in [0.15, 0.2) is 0 Å². The molecule has 0 aromatic carbocycles. The van der Waals surface area contributed by atoms with Crippen LogP contribution >= 0.6 is 27.3 Å². The van der Waals surface area contributed by atoms with Gasteiger partial charge in [-0.1, -0.05) is 27.7 Å². The van der Waals surface area contributed by atoms with Crippen molar-refractivity contribution in [3.63, 3.8) is 0 Å². The summed E-state index contributed by atoms with van der Waals surface area (Å²) in [6, 6.07) is 0. The van der Waals surface area contributed by atoms with Crippen LogP contribution in [0.25, 0.3) is 0 Å². The van der Waals surface area contributed by atoms with Gasteiger partial charge in [0, 0.05) is 139 Å². The van der Waals surface area contributed by atoms with E-state index in [0.717, 1.165) is 33.6 Å². The van der Waals surface area contributed by atoms with Gasteiger partial charge in [0.25, 0.3) is 0 Å². The van der Waals surface area contributed by atoms with Gasteiger partial charge in [-0.05, 0) is 43.4 Å². The SMILES string of the molecule is CC(=O)OC[C@H]1O[C@@H](OCCOCCNC(=O)CCOCC(COCCC(=O)NCCOCCO[C@H]2C[C@@H](OC(C)=O)[C@@H](OC(C)=O)[C@@H](COC(C)=O)O2)(COCCC(=O)NCCOCCO[C@H]2C[C@@H](OC(C)=O)[C@@H](OC(C)=O)[C@@H](COC(C)=O)O2)NC(=O)CCOCCOCCNC(=O)C(C)(C)CC(C)(C)C2CCC(OP(=O)(O)I)CC2)C[C@@H](OC(C)=O)[C@H]1OC(C)=O. The predicted molar refractivity (Wildman–Crippen MR) is 452 cm³/mol. The molecule has 0 radical (unpaired) electrons. The van der Waals surface area contributed by atoms with Crippen molar-refractivity contribution >= 4 is 111 Å². The van der Waals surface area contributed by atoms with E-state index >= 15 is 0 Å². The molecule has 0 aromatic heterocycles. The van der Waals surface area contributed by atoms with E-state index in [0.29, 0.717) is 19.3 Å². The molecule has 13 atom stereocenters. The van der Waals surface area contributed by atoms with E-state index in [-0.39, 0.29) is 240 Å². The zero-order chi connectivity index (χ0) is 95.5. The minimum Gasteiger partial charge on any atom is -0.463 e. The molecule has 47 heteroatoms. The highest BCUT2D eigenvalue weighted by atomic mass is 127. The fourth-order valence-corrected chi connectivity index (χ4v) is 16.0. The minimum absolute atomic E-state index is 0.0133. The Labute approximate surface area is 764 Å². The molecule has 1 aliphatic carbocycles. The molecule has 0 bridgehead atoms. The second-order valence-corrected chi connectivity index (χ2v) is 36.9. The number of halogens is 1. The Morgan fingerprint density at radius 1 is 0.372 bits per heavy atom. The van der Waals surface area contributed by atoms with Crippen LogP contribution in [0.2, 0.25) is 0 Å². The molecule has 0 aromatic rings. The lowest BCUT2D eigenvalue weighted by molar-refractivity contribution is -0.267. The second-order valence-electron chi connectivity index (χ2n) is 32.1. The number of rotatable bonds is 64. The molecule has 4 aliphatic rings. The fraction of sp³-hybridized carbons (Fsp3) is 0.829. The van der Waals surface area contributed by atoms with Crippen LogP contribution in [0.3, 0.4) is 0 Å². The van der Waals surface area contributed by atoms with Gasteiger partial charge >= 0.3 is 59.0 Å². The number of hydrogen-bond donors (Lipinski definition) is 6. The van der Waals surface area contributed by atoms with E-state index in [1.165, 1.54) is 63.6 Å². The quantitative estimate of drug-likeness (QED) is 0.0167. The van der Waals surface area contributed by atoms with E-state index in [1.807, 2.05) is 13.8 Å². The number of hydrogen-bond acceptors (Lipinski definition) is 39. The van der Waals surface area contributed by atoms with Crippen LogP contribution in [0.4, 0.5) is 0 Å². The van der Waals surface area contributed by atoms with E-state index in [2.05, 4.69) is 40.4 Å². The number of nitrogens with one attached hydrogen (secondary N) is 5. The molecule has 740 valence electrons. The molecule has 3 saturated heterocycles. The molecule has 0 spiro atoms. The van der Waals surface area contributed by atoms with E-state index in [1.54, 1.807) is 0 Å². The van der Waals surface area contributed by atoms with Crippen LogP contribution in [-0.2, 0) is 185 Å². The summed E-state index contributed by atoms with van der Waals surface area (Å²) in [5, 5.41) is 10.5. The first kappa shape index (κ1) is 114. The molecular weight excluding hydrogens is 1850 g/mol. The van der Waals surface area contributed by atoms with Gasteiger partial charge in [0.15, 0.2) is 37.2 Å². The van der Waals surface area contributed by atoms with Gasteiger partial charge in [0.1, 0.15) is 62.0 Å². The highest BCUT2D eigenvalue weighted by Crippen LogP contribution is 2.55. The molecule has 4 rings (SSSR count). The minimum atomic E-state index is -3.64. The molecule has 3 aliphatic heterocycles. The number of ether oxygens (including phenoxy) is 23. The number of esters is 9. The lowest BCUT2D eigenvalue weighted by Gasteiger charge is -2.43. The lowest BCUT2D eigenvalue weighted by Crippen LogP contribution is -2.59. The first-order valence-corrected chi connectivity index (χ1v) is 47.4. The van der Waals surface area contributed by atoms with E-state index in [9.17, 15) is 76.6 Å². The molecule has 45 nitrogen and oxygen atoms in total. The molecule has 4 fully saturated rings. The van der Waals surface area contributed by atoms with Crippen molar-refractivity contribution in [2.45, 2.75) is 253 Å². The Kier molecular flexibility index (Phi) is 54.6. The van der Waals surface area contributed by atoms with Crippen molar-refractivity contribution in [2.75, 3.05) is 172 Å². The molecule has 3 heterocycles. The second kappa shape index (κ2) is 61.7. The standard InChI is InChI=1S/C82H135IN5O40P/c1-52(89)116-45-66-76(122-58(7)95)63(119-55(4)92)42-73(125-66)113-39-36-107-30-22-84-69(98)18-27-110-49-82(50-111-28-19-70(99)85-23-31-108-37-40-114-74-43-64(120-56(5)93)77(123-59(8)96)67(126-74)46-117-53(2)90,51-112-29-20-71(100)86-24-32-109-38-41-115-75-44-65(121-57(6)94)78(124-60(9)97)68(127-75)47-118-54(3)91)88-72(101)21-26-105-34-35-106-33-25-87-79(102)81(12,13)48-80(10,11)61-14-16-62(17-15-61)128-129(83,103)104/h61-68,73-78H,14-51H2,1-13H3,(H,84,98)(H,85,99)(H,86,100)(H,87,102)(H,88,101)(H,103,104)/t61?,62?,63-,64-,65-,66-,67-,68-,73-,74-,75-,76-,77-,78-/m1/s1. The zero-order valence-electron chi connectivity index (χ0n) is 76.1. The molecule has 1 unspecified atom stereocenters. The molecule has 1 saturated carbocycles. The van der Waals surface area contributed by atoms with Crippen molar-refractivity contribution in [3.8, 4) is 0 Å². The van der Waals surface area contributed by atoms with Crippen molar-refractivity contribution in [1.29, 1.82) is 0 Å². The summed E-state index contributed by atoms with van der Waals surface area (Å²) < 4.78 is 147. The van der Waals surface area contributed by atoms with Gasteiger partial charge in [-0.2, -0.15) is 0 Å². The molecule has 6 N–H and O–H groups in total. The van der Waals surface area contributed by atoms with Crippen LogP contribution in [0.5, 0.6) is 0 Å². The maximum absolute atomic E-state index is 14.1. The van der Waals surface area contributed by atoms with Crippen LogP contribution in [0, 0.1) is 16.7 Å². The van der Waals surface area contributed by atoms with Crippen molar-refractivity contribution in [1.82, 2.24) is 26.6 Å². The number of amides is 5. The Bertz CT molecular complexity index is 3260. The topological polar surface area (TPSA) is 558 Å². The third kappa shape index (κ3) is 50.5. The average Bonchev–Trinajstić information content (AvgIpc) is 0.818. The van der Waals surface area contributed by atoms with E-state index in [4.69, 9.17) is 113 Å². The smallest absolute Gasteiger partial charge is 0.386 e. The summed E-state index contributed by atoms with van der Waals surface area (Å²) in [5.74, 6) is -7.71. The zero-order valence-corrected chi connectivity index (χ0v) is 79.2. The summed E-state index contributed by atoms with van der Waals surface area (Å²) in [5.41, 5.74) is -2.51. The maximum Gasteiger partial charge on any atom is 0.386 e.